The molecule has 2 rings (SSSR count). The Bertz CT molecular complexity index is 769. The van der Waals surface area contributed by atoms with Gasteiger partial charge in [-0.3, -0.25) is 13.9 Å². The first kappa shape index (κ1) is 17.3. The molecular weight excluding hydrogens is 296 g/mol. The third kappa shape index (κ3) is 2.47. The molecule has 1 saturated carbocycles. The number of nitriles is 1. The fraction of sp³-hybridized carbons (Fsp3) is 0.688. The second-order valence-electron chi connectivity index (χ2n) is 6.64. The largest absolute Gasteiger partial charge is 0.378 e. The summed E-state index contributed by atoms with van der Waals surface area (Å²) in [7, 11) is 4.79. The summed E-state index contributed by atoms with van der Waals surface area (Å²) in [4.78, 5) is 26.3. The third-order valence-electron chi connectivity index (χ3n) is 5.04. The molecule has 0 amide bonds. The Balaban J connectivity index is 2.50. The van der Waals surface area contributed by atoms with Gasteiger partial charge in [0.05, 0.1) is 6.10 Å². The van der Waals surface area contributed by atoms with E-state index in [0.717, 1.165) is 11.0 Å². The molecule has 1 aliphatic carbocycles. The average Bonchev–Trinajstić information content (AvgIpc) is 2.51. The van der Waals surface area contributed by atoms with Crippen LogP contribution in [0.4, 0.5) is 5.82 Å². The first-order valence-corrected chi connectivity index (χ1v) is 7.73. The summed E-state index contributed by atoms with van der Waals surface area (Å²) in [5, 5.41) is 9.40. The molecule has 2 atom stereocenters. The lowest BCUT2D eigenvalue weighted by Gasteiger charge is -2.55. The number of hydrogen-bond donors (Lipinski definition) is 0. The lowest BCUT2D eigenvalue weighted by molar-refractivity contribution is -0.104. The highest BCUT2D eigenvalue weighted by Gasteiger charge is 2.51. The van der Waals surface area contributed by atoms with Crippen molar-refractivity contribution in [2.45, 2.75) is 39.3 Å². The number of nitrogens with zero attached hydrogens (tertiary/aromatic N) is 4. The van der Waals surface area contributed by atoms with E-state index in [-0.39, 0.29) is 23.1 Å². The molecule has 0 radical (unpaired) electrons. The van der Waals surface area contributed by atoms with Crippen molar-refractivity contribution in [1.82, 2.24) is 9.13 Å². The quantitative estimate of drug-likeness (QED) is 0.811. The van der Waals surface area contributed by atoms with Gasteiger partial charge >= 0.3 is 5.69 Å². The van der Waals surface area contributed by atoms with Gasteiger partial charge in [0.1, 0.15) is 11.9 Å². The van der Waals surface area contributed by atoms with Crippen molar-refractivity contribution in [1.29, 1.82) is 5.26 Å². The molecule has 0 N–H and O–H groups in total. The standard InChI is InChI=1S/C16H24N4O3/c1-7-23-12-8-11(16(12,2)3)18(4)13-10(9-17)14(21)20(6)15(22)19(13)5/h11-12H,7-8H2,1-6H3. The summed E-state index contributed by atoms with van der Waals surface area (Å²) in [6, 6.07) is 2.04. The number of hydrogen-bond acceptors (Lipinski definition) is 5. The van der Waals surface area contributed by atoms with E-state index in [1.807, 2.05) is 24.9 Å². The van der Waals surface area contributed by atoms with Gasteiger partial charge in [-0.1, -0.05) is 13.8 Å². The van der Waals surface area contributed by atoms with Gasteiger partial charge in [-0.2, -0.15) is 5.26 Å². The Morgan fingerprint density at radius 2 is 1.96 bits per heavy atom. The molecule has 126 valence electrons. The second-order valence-corrected chi connectivity index (χ2v) is 6.64. The smallest absolute Gasteiger partial charge is 0.332 e. The van der Waals surface area contributed by atoms with Gasteiger partial charge in [0, 0.05) is 39.2 Å². The van der Waals surface area contributed by atoms with Crippen molar-refractivity contribution in [2.24, 2.45) is 19.5 Å². The maximum absolute atomic E-state index is 12.2. The topological polar surface area (TPSA) is 80.3 Å². The predicted molar refractivity (Wildman–Crippen MR) is 87.6 cm³/mol. The van der Waals surface area contributed by atoms with Crippen molar-refractivity contribution in [3.05, 3.63) is 26.4 Å². The predicted octanol–water partition coefficient (Wildman–Crippen LogP) is 0.595. The number of anilines is 1. The molecule has 0 aromatic carbocycles. The molecule has 7 nitrogen and oxygen atoms in total. The van der Waals surface area contributed by atoms with Crippen LogP contribution in [0.2, 0.25) is 0 Å². The van der Waals surface area contributed by atoms with E-state index in [1.54, 1.807) is 7.05 Å². The molecule has 0 bridgehead atoms. The lowest BCUT2D eigenvalue weighted by Crippen LogP contribution is -2.62. The molecule has 0 saturated heterocycles. The van der Waals surface area contributed by atoms with E-state index in [0.29, 0.717) is 12.4 Å². The van der Waals surface area contributed by atoms with Gasteiger partial charge in [-0.25, -0.2) is 4.79 Å². The minimum atomic E-state index is -0.559. The van der Waals surface area contributed by atoms with E-state index in [1.165, 1.54) is 11.6 Å². The Morgan fingerprint density at radius 1 is 1.35 bits per heavy atom. The molecular formula is C16H24N4O3. The summed E-state index contributed by atoms with van der Waals surface area (Å²) >= 11 is 0. The molecule has 1 heterocycles. The minimum Gasteiger partial charge on any atom is -0.378 e. The van der Waals surface area contributed by atoms with Crippen LogP contribution in [-0.2, 0) is 18.8 Å². The highest BCUT2D eigenvalue weighted by Crippen LogP contribution is 2.46. The van der Waals surface area contributed by atoms with Crippen molar-refractivity contribution >= 4 is 5.82 Å². The zero-order valence-electron chi connectivity index (χ0n) is 14.6. The van der Waals surface area contributed by atoms with E-state index < -0.39 is 11.2 Å². The Kier molecular flexibility index (Phi) is 4.40. The van der Waals surface area contributed by atoms with Crippen LogP contribution in [0.3, 0.4) is 0 Å². The first-order chi connectivity index (χ1) is 10.7. The Labute approximate surface area is 135 Å². The minimum absolute atomic E-state index is 0.00670. The van der Waals surface area contributed by atoms with Crippen LogP contribution in [0.15, 0.2) is 9.59 Å². The van der Waals surface area contributed by atoms with Gasteiger partial charge < -0.3 is 9.64 Å². The maximum atomic E-state index is 12.2. The van der Waals surface area contributed by atoms with Crippen LogP contribution in [0.1, 0.15) is 32.8 Å². The molecule has 7 heteroatoms. The van der Waals surface area contributed by atoms with Crippen molar-refractivity contribution in [3.8, 4) is 6.07 Å². The summed E-state index contributed by atoms with van der Waals surface area (Å²) < 4.78 is 8.06. The molecule has 1 fully saturated rings. The average molecular weight is 320 g/mol. The molecule has 2 unspecified atom stereocenters. The summed E-state index contributed by atoms with van der Waals surface area (Å²) in [6.45, 7) is 6.82. The van der Waals surface area contributed by atoms with E-state index >= 15 is 0 Å². The normalized spacial score (nSPS) is 22.3. The molecule has 0 spiro atoms. The second kappa shape index (κ2) is 5.85. The highest BCUT2D eigenvalue weighted by atomic mass is 16.5. The number of rotatable bonds is 4. The lowest BCUT2D eigenvalue weighted by atomic mass is 9.63. The Hall–Kier alpha value is -2.07. The molecule has 1 aromatic heterocycles. The van der Waals surface area contributed by atoms with E-state index in [2.05, 4.69) is 13.8 Å². The summed E-state index contributed by atoms with van der Waals surface area (Å²) in [5.41, 5.74) is -1.13. The fourth-order valence-corrected chi connectivity index (χ4v) is 3.50. The number of aromatic nitrogens is 2. The molecule has 23 heavy (non-hydrogen) atoms. The van der Waals surface area contributed by atoms with Gasteiger partial charge in [0.2, 0.25) is 0 Å². The fourth-order valence-electron chi connectivity index (χ4n) is 3.50. The van der Waals surface area contributed by atoms with Crippen LogP contribution >= 0.6 is 0 Å². The monoisotopic (exact) mass is 320 g/mol. The van der Waals surface area contributed by atoms with Crippen LogP contribution in [0, 0.1) is 16.7 Å². The zero-order chi connectivity index (χ0) is 17.5. The summed E-state index contributed by atoms with van der Waals surface area (Å²) in [5.74, 6) is 0.369. The van der Waals surface area contributed by atoms with Crippen molar-refractivity contribution < 1.29 is 4.74 Å². The van der Waals surface area contributed by atoms with Crippen molar-refractivity contribution in [3.63, 3.8) is 0 Å². The van der Waals surface area contributed by atoms with Crippen LogP contribution in [-0.4, -0.2) is 34.9 Å². The first-order valence-electron chi connectivity index (χ1n) is 7.73. The molecule has 1 aromatic rings. The van der Waals surface area contributed by atoms with Gasteiger partial charge in [0.25, 0.3) is 5.56 Å². The highest BCUT2D eigenvalue weighted by molar-refractivity contribution is 5.54. The SMILES string of the molecule is CCOC1CC(N(C)c2c(C#N)c(=O)n(C)c(=O)n2C)C1(C)C. The third-order valence-corrected chi connectivity index (χ3v) is 5.04. The zero-order valence-corrected chi connectivity index (χ0v) is 14.6. The Morgan fingerprint density at radius 3 is 2.43 bits per heavy atom. The van der Waals surface area contributed by atoms with E-state index in [4.69, 9.17) is 4.74 Å². The molecule has 0 aliphatic heterocycles. The van der Waals surface area contributed by atoms with Crippen LogP contribution in [0.25, 0.3) is 0 Å². The summed E-state index contributed by atoms with van der Waals surface area (Å²) in [6.07, 6.45) is 0.931. The van der Waals surface area contributed by atoms with Crippen molar-refractivity contribution in [2.75, 3.05) is 18.6 Å². The maximum Gasteiger partial charge on any atom is 0.332 e. The van der Waals surface area contributed by atoms with Crippen LogP contribution in [0.5, 0.6) is 0 Å². The van der Waals surface area contributed by atoms with Gasteiger partial charge in [0.15, 0.2) is 5.56 Å². The van der Waals surface area contributed by atoms with Crippen LogP contribution < -0.4 is 16.1 Å². The number of ether oxygens (including phenoxy) is 1. The van der Waals surface area contributed by atoms with E-state index in [9.17, 15) is 14.9 Å². The van der Waals surface area contributed by atoms with Gasteiger partial charge in [-0.05, 0) is 13.3 Å². The van der Waals surface area contributed by atoms with Gasteiger partial charge in [-0.15, -0.1) is 0 Å². The molecule has 1 aliphatic rings.